The van der Waals surface area contributed by atoms with Crippen molar-refractivity contribution in [3.05, 3.63) is 28.2 Å². The molecule has 2 N–H and O–H groups in total. The SMILES string of the molecule is CNC(=O)C1CCN(c2ccc(CO)c(Br)c2)CC1. The van der Waals surface area contributed by atoms with E-state index in [0.29, 0.717) is 0 Å². The number of benzene rings is 1. The molecule has 0 radical (unpaired) electrons. The Morgan fingerprint density at radius 3 is 2.68 bits per heavy atom. The largest absolute Gasteiger partial charge is 0.392 e. The minimum Gasteiger partial charge on any atom is -0.392 e. The quantitative estimate of drug-likeness (QED) is 0.892. The number of amides is 1. The zero-order chi connectivity index (χ0) is 13.8. The van der Waals surface area contributed by atoms with Gasteiger partial charge in [-0.15, -0.1) is 0 Å². The van der Waals surface area contributed by atoms with Crippen molar-refractivity contribution in [2.75, 3.05) is 25.0 Å². The van der Waals surface area contributed by atoms with E-state index in [9.17, 15) is 4.79 Å². The standard InChI is InChI=1S/C14H19BrN2O2/c1-16-14(19)10-4-6-17(7-5-10)12-3-2-11(9-18)13(15)8-12/h2-3,8,10,18H,4-7,9H2,1H3,(H,16,19). The molecule has 0 spiro atoms. The fourth-order valence-corrected chi connectivity index (χ4v) is 2.96. The molecule has 1 aromatic carbocycles. The van der Waals surface area contributed by atoms with Crippen molar-refractivity contribution in [2.24, 2.45) is 5.92 Å². The van der Waals surface area contributed by atoms with Crippen LogP contribution in [0.15, 0.2) is 22.7 Å². The van der Waals surface area contributed by atoms with Gasteiger partial charge in [-0.3, -0.25) is 4.79 Å². The predicted octanol–water partition coefficient (Wildman–Crippen LogP) is 1.90. The molecule has 19 heavy (non-hydrogen) atoms. The molecule has 1 aromatic rings. The van der Waals surface area contributed by atoms with Gasteiger partial charge in [-0.1, -0.05) is 22.0 Å². The van der Waals surface area contributed by atoms with E-state index in [4.69, 9.17) is 5.11 Å². The highest BCUT2D eigenvalue weighted by Crippen LogP contribution is 2.27. The molecule has 5 heteroatoms. The topological polar surface area (TPSA) is 52.6 Å². The van der Waals surface area contributed by atoms with Crippen molar-refractivity contribution >= 4 is 27.5 Å². The van der Waals surface area contributed by atoms with E-state index in [1.165, 1.54) is 0 Å². The molecule has 2 rings (SSSR count). The average molecular weight is 327 g/mol. The second kappa shape index (κ2) is 6.39. The van der Waals surface area contributed by atoms with Crippen LogP contribution in [0.1, 0.15) is 18.4 Å². The minimum absolute atomic E-state index is 0.0413. The van der Waals surface area contributed by atoms with Crippen LogP contribution >= 0.6 is 15.9 Å². The monoisotopic (exact) mass is 326 g/mol. The van der Waals surface area contributed by atoms with Crippen molar-refractivity contribution in [3.63, 3.8) is 0 Å². The summed E-state index contributed by atoms with van der Waals surface area (Å²) in [5, 5.41) is 11.9. The molecule has 1 aliphatic heterocycles. The van der Waals surface area contributed by atoms with Crippen LogP contribution in [-0.2, 0) is 11.4 Å². The summed E-state index contributed by atoms with van der Waals surface area (Å²) in [4.78, 5) is 13.9. The number of aliphatic hydroxyl groups is 1. The summed E-state index contributed by atoms with van der Waals surface area (Å²) in [5.41, 5.74) is 2.03. The Bertz CT molecular complexity index is 457. The summed E-state index contributed by atoms with van der Waals surface area (Å²) >= 11 is 3.47. The lowest BCUT2D eigenvalue weighted by molar-refractivity contribution is -0.125. The molecule has 0 saturated carbocycles. The van der Waals surface area contributed by atoms with Gasteiger partial charge in [0.2, 0.25) is 5.91 Å². The van der Waals surface area contributed by atoms with Gasteiger partial charge >= 0.3 is 0 Å². The number of carbonyl (C=O) groups excluding carboxylic acids is 1. The molecule has 0 aliphatic carbocycles. The van der Waals surface area contributed by atoms with Gasteiger partial charge in [0, 0.05) is 36.2 Å². The van der Waals surface area contributed by atoms with Crippen LogP contribution < -0.4 is 10.2 Å². The number of piperidine rings is 1. The fraction of sp³-hybridized carbons (Fsp3) is 0.500. The number of nitrogens with zero attached hydrogens (tertiary/aromatic N) is 1. The summed E-state index contributed by atoms with van der Waals surface area (Å²) in [6.07, 6.45) is 1.78. The zero-order valence-corrected chi connectivity index (χ0v) is 12.6. The Morgan fingerprint density at radius 1 is 1.47 bits per heavy atom. The van der Waals surface area contributed by atoms with Crippen molar-refractivity contribution in [1.82, 2.24) is 5.32 Å². The number of rotatable bonds is 3. The van der Waals surface area contributed by atoms with Crippen LogP contribution in [0.25, 0.3) is 0 Å². The van der Waals surface area contributed by atoms with Gasteiger partial charge in [-0.25, -0.2) is 0 Å². The van der Waals surface area contributed by atoms with E-state index >= 15 is 0 Å². The fourth-order valence-electron chi connectivity index (χ4n) is 2.47. The maximum absolute atomic E-state index is 11.6. The maximum atomic E-state index is 11.6. The average Bonchev–Trinajstić information content (AvgIpc) is 2.46. The van der Waals surface area contributed by atoms with E-state index in [0.717, 1.165) is 41.7 Å². The predicted molar refractivity (Wildman–Crippen MR) is 79.1 cm³/mol. The first-order chi connectivity index (χ1) is 9.15. The summed E-state index contributed by atoms with van der Waals surface area (Å²) in [5.74, 6) is 0.290. The smallest absolute Gasteiger partial charge is 0.222 e. The molecule has 0 aromatic heterocycles. The highest BCUT2D eigenvalue weighted by molar-refractivity contribution is 9.10. The molecular formula is C14H19BrN2O2. The molecule has 1 saturated heterocycles. The number of hydrogen-bond donors (Lipinski definition) is 2. The lowest BCUT2D eigenvalue weighted by atomic mass is 9.95. The van der Waals surface area contributed by atoms with Crippen LogP contribution in [0.4, 0.5) is 5.69 Å². The highest BCUT2D eigenvalue weighted by Gasteiger charge is 2.24. The van der Waals surface area contributed by atoms with Gasteiger partial charge in [0.25, 0.3) is 0 Å². The van der Waals surface area contributed by atoms with Gasteiger partial charge < -0.3 is 15.3 Å². The molecule has 104 valence electrons. The summed E-state index contributed by atoms with van der Waals surface area (Å²) in [7, 11) is 1.69. The third kappa shape index (κ3) is 3.28. The number of nitrogens with one attached hydrogen (secondary N) is 1. The molecule has 4 nitrogen and oxygen atoms in total. The van der Waals surface area contributed by atoms with Gasteiger partial charge in [-0.2, -0.15) is 0 Å². The molecular weight excluding hydrogens is 308 g/mol. The number of carbonyl (C=O) groups is 1. The van der Waals surface area contributed by atoms with Crippen LogP contribution in [0.2, 0.25) is 0 Å². The Balaban J connectivity index is 2.01. The normalized spacial score (nSPS) is 16.5. The molecule has 1 amide bonds. The van der Waals surface area contributed by atoms with E-state index in [1.54, 1.807) is 7.05 Å². The number of aliphatic hydroxyl groups excluding tert-OH is 1. The maximum Gasteiger partial charge on any atom is 0.222 e. The van der Waals surface area contributed by atoms with Gasteiger partial charge in [0.05, 0.1) is 6.61 Å². The second-order valence-corrected chi connectivity index (χ2v) is 5.66. The van der Waals surface area contributed by atoms with E-state index in [1.807, 2.05) is 18.2 Å². The van der Waals surface area contributed by atoms with Crippen molar-refractivity contribution in [2.45, 2.75) is 19.4 Å². The minimum atomic E-state index is 0.0413. The molecule has 0 bridgehead atoms. The van der Waals surface area contributed by atoms with Crippen molar-refractivity contribution in [1.29, 1.82) is 0 Å². The van der Waals surface area contributed by atoms with Gasteiger partial charge in [0.15, 0.2) is 0 Å². The molecule has 1 aliphatic rings. The zero-order valence-electron chi connectivity index (χ0n) is 11.0. The Morgan fingerprint density at radius 2 is 2.16 bits per heavy atom. The van der Waals surface area contributed by atoms with E-state index < -0.39 is 0 Å². The Labute approximate surface area is 121 Å². The second-order valence-electron chi connectivity index (χ2n) is 4.81. The number of hydrogen-bond acceptors (Lipinski definition) is 3. The van der Waals surface area contributed by atoms with Gasteiger partial charge in [0.1, 0.15) is 0 Å². The first-order valence-electron chi connectivity index (χ1n) is 6.51. The Kier molecular flexibility index (Phi) is 4.82. The van der Waals surface area contributed by atoms with Gasteiger partial charge in [-0.05, 0) is 30.5 Å². The molecule has 1 fully saturated rings. The summed E-state index contributed by atoms with van der Waals surface area (Å²) < 4.78 is 0.931. The van der Waals surface area contributed by atoms with Crippen molar-refractivity contribution in [3.8, 4) is 0 Å². The summed E-state index contributed by atoms with van der Waals surface area (Å²) in [6, 6.07) is 5.99. The first kappa shape index (κ1) is 14.3. The number of anilines is 1. The van der Waals surface area contributed by atoms with E-state index in [-0.39, 0.29) is 18.4 Å². The molecule has 1 heterocycles. The first-order valence-corrected chi connectivity index (χ1v) is 7.31. The third-order valence-corrected chi connectivity index (χ3v) is 4.42. The highest BCUT2D eigenvalue weighted by atomic mass is 79.9. The molecule has 0 unspecified atom stereocenters. The van der Waals surface area contributed by atoms with E-state index in [2.05, 4.69) is 26.1 Å². The van der Waals surface area contributed by atoms with Crippen LogP contribution in [-0.4, -0.2) is 31.2 Å². The van der Waals surface area contributed by atoms with Crippen LogP contribution in [0.3, 0.4) is 0 Å². The summed E-state index contributed by atoms with van der Waals surface area (Å²) in [6.45, 7) is 1.83. The lowest BCUT2D eigenvalue weighted by Crippen LogP contribution is -2.39. The van der Waals surface area contributed by atoms with Crippen molar-refractivity contribution < 1.29 is 9.90 Å². The third-order valence-electron chi connectivity index (χ3n) is 3.68. The van der Waals surface area contributed by atoms with Crippen LogP contribution in [0, 0.1) is 5.92 Å². The van der Waals surface area contributed by atoms with Crippen LogP contribution in [0.5, 0.6) is 0 Å². The lowest BCUT2D eigenvalue weighted by Gasteiger charge is -2.33. The Hall–Kier alpha value is -1.07. The number of halogens is 1. The molecule has 0 atom stereocenters.